The molecule has 2 aromatic rings. The van der Waals surface area contributed by atoms with Crippen LogP contribution < -0.4 is 4.90 Å². The van der Waals surface area contributed by atoms with Gasteiger partial charge in [0.25, 0.3) is 5.91 Å². The van der Waals surface area contributed by atoms with E-state index in [0.717, 1.165) is 5.56 Å². The summed E-state index contributed by atoms with van der Waals surface area (Å²) in [5.41, 5.74) is -0.704. The Morgan fingerprint density at radius 2 is 1.85 bits per heavy atom. The topological polar surface area (TPSA) is 65.3 Å². The molecule has 136 valence electrons. The van der Waals surface area contributed by atoms with Gasteiger partial charge in [0.2, 0.25) is 0 Å². The molecule has 1 atom stereocenters. The molecule has 1 heterocycles. The van der Waals surface area contributed by atoms with E-state index >= 15 is 0 Å². The van der Waals surface area contributed by atoms with Crippen LogP contribution in [0.5, 0.6) is 0 Å². The van der Waals surface area contributed by atoms with Crippen molar-refractivity contribution in [2.24, 2.45) is 10.2 Å². The Balaban J connectivity index is 1.98. The van der Waals surface area contributed by atoms with E-state index in [1.165, 1.54) is 23.1 Å². The summed E-state index contributed by atoms with van der Waals surface area (Å²) < 4.78 is 13.8. The third-order valence-corrected chi connectivity index (χ3v) is 4.15. The second kappa shape index (κ2) is 6.61. The summed E-state index contributed by atoms with van der Waals surface area (Å²) in [5.74, 6) is -1.03. The van der Waals surface area contributed by atoms with E-state index in [9.17, 15) is 14.3 Å². The zero-order valence-corrected chi connectivity index (χ0v) is 15.1. The molecule has 1 aliphatic rings. The first-order valence-electron chi connectivity index (χ1n) is 8.48. The van der Waals surface area contributed by atoms with Gasteiger partial charge in [0.05, 0.1) is 17.8 Å². The summed E-state index contributed by atoms with van der Waals surface area (Å²) in [5, 5.41) is 19.2. The van der Waals surface area contributed by atoms with E-state index in [1.807, 2.05) is 51.1 Å². The second-order valence-electron chi connectivity index (χ2n) is 7.47. The molecule has 1 unspecified atom stereocenters. The van der Waals surface area contributed by atoms with Gasteiger partial charge in [0, 0.05) is 5.56 Å². The average Bonchev–Trinajstić information content (AvgIpc) is 2.77. The number of aliphatic hydroxyl groups is 1. The van der Waals surface area contributed by atoms with Crippen LogP contribution in [0.15, 0.2) is 58.8 Å². The highest BCUT2D eigenvalue weighted by Gasteiger charge is 2.50. The van der Waals surface area contributed by atoms with Gasteiger partial charge in [-0.1, -0.05) is 30.3 Å². The zero-order valence-electron chi connectivity index (χ0n) is 15.1. The van der Waals surface area contributed by atoms with Crippen LogP contribution in [0.3, 0.4) is 0 Å². The lowest BCUT2D eigenvalue weighted by molar-refractivity contribution is -0.135. The van der Waals surface area contributed by atoms with Crippen molar-refractivity contribution in [1.29, 1.82) is 0 Å². The minimum atomic E-state index is -1.92. The van der Waals surface area contributed by atoms with Crippen molar-refractivity contribution in [3.63, 3.8) is 0 Å². The van der Waals surface area contributed by atoms with Gasteiger partial charge in [0.15, 0.2) is 5.60 Å². The number of amides is 1. The largest absolute Gasteiger partial charge is 0.374 e. The van der Waals surface area contributed by atoms with Crippen LogP contribution in [0, 0.1) is 5.82 Å². The molecule has 0 saturated heterocycles. The first-order valence-corrected chi connectivity index (χ1v) is 8.48. The molecule has 1 amide bonds. The molecule has 0 aromatic heterocycles. The number of halogens is 1. The summed E-state index contributed by atoms with van der Waals surface area (Å²) in [6.07, 6.45) is 0. The van der Waals surface area contributed by atoms with Gasteiger partial charge in [-0.05, 0) is 44.5 Å². The van der Waals surface area contributed by atoms with Gasteiger partial charge in [-0.15, -0.1) is 0 Å². The van der Waals surface area contributed by atoms with E-state index in [-0.39, 0.29) is 18.7 Å². The Kier molecular flexibility index (Phi) is 4.63. The molecule has 26 heavy (non-hydrogen) atoms. The summed E-state index contributed by atoms with van der Waals surface area (Å²) >= 11 is 0. The van der Waals surface area contributed by atoms with Gasteiger partial charge >= 0.3 is 0 Å². The lowest BCUT2D eigenvalue weighted by Gasteiger charge is -2.22. The molecule has 3 rings (SSSR count). The quantitative estimate of drug-likeness (QED) is 0.848. The Labute approximate surface area is 152 Å². The number of hydrogen-bond donors (Lipinski definition) is 1. The number of nitrogens with zero attached hydrogens (tertiary/aromatic N) is 3. The molecule has 2 aromatic carbocycles. The molecule has 1 aliphatic heterocycles. The Morgan fingerprint density at radius 1 is 1.15 bits per heavy atom. The first kappa shape index (κ1) is 18.2. The smallest absolute Gasteiger partial charge is 0.266 e. The lowest BCUT2D eigenvalue weighted by atomic mass is 9.95. The maximum Gasteiger partial charge on any atom is 0.266 e. The minimum Gasteiger partial charge on any atom is -0.374 e. The fourth-order valence-electron chi connectivity index (χ4n) is 2.95. The van der Waals surface area contributed by atoms with Gasteiger partial charge in [-0.3, -0.25) is 4.79 Å². The number of hydrogen-bond acceptors (Lipinski definition) is 4. The SMILES string of the molecule is CC(C)(C)N=NCC1(O)C(=O)N(Cc2ccccc2)c2ccc(F)cc21. The predicted molar refractivity (Wildman–Crippen MR) is 97.4 cm³/mol. The third kappa shape index (κ3) is 3.51. The highest BCUT2D eigenvalue weighted by molar-refractivity contribution is 6.07. The zero-order chi connectivity index (χ0) is 18.9. The number of benzene rings is 2. The van der Waals surface area contributed by atoms with Crippen molar-refractivity contribution in [3.05, 3.63) is 65.5 Å². The molecule has 1 N–H and O–H groups in total. The third-order valence-electron chi connectivity index (χ3n) is 4.15. The average molecular weight is 355 g/mol. The standard InChI is InChI=1S/C20H22FN3O2/c1-19(2,3)23-22-13-20(26)16-11-15(21)9-10-17(16)24(18(20)25)12-14-7-5-4-6-8-14/h4-11,26H,12-13H2,1-3H3. The number of fused-ring (bicyclic) bond motifs is 1. The maximum atomic E-state index is 13.8. The van der Waals surface area contributed by atoms with E-state index in [1.54, 1.807) is 0 Å². The molecule has 0 aliphatic carbocycles. The van der Waals surface area contributed by atoms with Crippen LogP contribution in [-0.2, 0) is 16.9 Å². The summed E-state index contributed by atoms with van der Waals surface area (Å²) in [6, 6.07) is 13.4. The van der Waals surface area contributed by atoms with E-state index < -0.39 is 22.9 Å². The molecule has 0 radical (unpaired) electrons. The van der Waals surface area contributed by atoms with Crippen molar-refractivity contribution in [2.75, 3.05) is 11.4 Å². The Hall–Kier alpha value is -2.60. The van der Waals surface area contributed by atoms with Crippen molar-refractivity contribution in [1.82, 2.24) is 0 Å². The summed E-state index contributed by atoms with van der Waals surface area (Å²) in [6.45, 7) is 5.65. The van der Waals surface area contributed by atoms with E-state index in [2.05, 4.69) is 10.2 Å². The van der Waals surface area contributed by atoms with Crippen molar-refractivity contribution in [2.45, 2.75) is 38.5 Å². The van der Waals surface area contributed by atoms with Crippen LogP contribution >= 0.6 is 0 Å². The van der Waals surface area contributed by atoms with Crippen LogP contribution in [0.2, 0.25) is 0 Å². The number of anilines is 1. The molecule has 0 saturated carbocycles. The Morgan fingerprint density at radius 3 is 2.50 bits per heavy atom. The lowest BCUT2D eigenvalue weighted by Crippen LogP contribution is -2.42. The molecule has 0 bridgehead atoms. The maximum absolute atomic E-state index is 13.8. The fourth-order valence-corrected chi connectivity index (χ4v) is 2.95. The minimum absolute atomic E-state index is 0.228. The van der Waals surface area contributed by atoms with Crippen LogP contribution in [-0.4, -0.2) is 23.1 Å². The summed E-state index contributed by atoms with van der Waals surface area (Å²) in [4.78, 5) is 14.5. The van der Waals surface area contributed by atoms with Gasteiger partial charge in [-0.25, -0.2) is 4.39 Å². The normalized spacial score (nSPS) is 20.0. The second-order valence-corrected chi connectivity index (χ2v) is 7.47. The number of rotatable bonds is 4. The predicted octanol–water partition coefficient (Wildman–Crippen LogP) is 3.81. The highest BCUT2D eigenvalue weighted by atomic mass is 19.1. The number of carbonyl (C=O) groups excluding carboxylic acids is 1. The van der Waals surface area contributed by atoms with Crippen LogP contribution in [0.25, 0.3) is 0 Å². The van der Waals surface area contributed by atoms with Gasteiger partial charge < -0.3 is 10.0 Å². The number of carbonyl (C=O) groups is 1. The number of azo groups is 1. The van der Waals surface area contributed by atoms with Crippen molar-refractivity contribution in [3.8, 4) is 0 Å². The Bertz CT molecular complexity index is 846. The van der Waals surface area contributed by atoms with E-state index in [4.69, 9.17) is 0 Å². The molecule has 6 heteroatoms. The first-order chi connectivity index (χ1) is 12.2. The molecule has 5 nitrogen and oxygen atoms in total. The molecular weight excluding hydrogens is 333 g/mol. The summed E-state index contributed by atoms with van der Waals surface area (Å²) in [7, 11) is 0. The van der Waals surface area contributed by atoms with Crippen LogP contribution in [0.4, 0.5) is 10.1 Å². The van der Waals surface area contributed by atoms with Gasteiger partial charge in [0.1, 0.15) is 12.4 Å². The monoisotopic (exact) mass is 355 g/mol. The molecular formula is C20H22FN3O2. The van der Waals surface area contributed by atoms with E-state index in [0.29, 0.717) is 5.69 Å². The highest BCUT2D eigenvalue weighted by Crippen LogP contribution is 2.41. The van der Waals surface area contributed by atoms with Crippen LogP contribution in [0.1, 0.15) is 31.9 Å². The molecule has 0 spiro atoms. The molecule has 0 fully saturated rings. The van der Waals surface area contributed by atoms with Crippen molar-refractivity contribution >= 4 is 11.6 Å². The van der Waals surface area contributed by atoms with Crippen molar-refractivity contribution < 1.29 is 14.3 Å². The van der Waals surface area contributed by atoms with Gasteiger partial charge in [-0.2, -0.15) is 10.2 Å². The fraction of sp³-hybridized carbons (Fsp3) is 0.350.